The summed E-state index contributed by atoms with van der Waals surface area (Å²) in [4.78, 5) is 0. The van der Waals surface area contributed by atoms with E-state index in [1.54, 1.807) is 21.3 Å². The molecule has 134 valence electrons. The molecule has 3 aromatic carbocycles. The number of hydrogen-bond acceptors (Lipinski definition) is 3. The molecule has 0 fully saturated rings. The molecule has 0 atom stereocenters. The zero-order valence-corrected chi connectivity index (χ0v) is 19.7. The molecule has 0 radical (unpaired) electrons. The number of ether oxygens (including phenoxy) is 3. The van der Waals surface area contributed by atoms with Crippen LogP contribution >= 0.6 is 8.32 Å². The van der Waals surface area contributed by atoms with Gasteiger partial charge in [0.15, 0.2) is 0 Å². The Bertz CT molecular complexity index is 730. The predicted molar refractivity (Wildman–Crippen MR) is 109 cm³/mol. The quantitative estimate of drug-likeness (QED) is 0.432. The third-order valence-electron chi connectivity index (χ3n) is 4.46. The summed E-state index contributed by atoms with van der Waals surface area (Å²) >= 11 is -3.78. The normalized spacial score (nSPS) is 11.1. The average molecular weight is 564 g/mol. The molecule has 0 aliphatic carbocycles. The van der Waals surface area contributed by atoms with Gasteiger partial charge in [-0.15, -0.1) is 0 Å². The summed E-state index contributed by atoms with van der Waals surface area (Å²) in [7, 11) is 12.5. The Labute approximate surface area is 162 Å². The van der Waals surface area contributed by atoms with Crippen LogP contribution in [0.2, 0.25) is 0 Å². The Morgan fingerprint density at radius 1 is 0.500 bits per heavy atom. The van der Waals surface area contributed by atoms with Crippen LogP contribution in [0.25, 0.3) is 0 Å². The molecule has 0 spiro atoms. The second-order valence-electron chi connectivity index (χ2n) is 5.84. The Morgan fingerprint density at radius 2 is 0.731 bits per heavy atom. The fourth-order valence-electron chi connectivity index (χ4n) is 2.96. The van der Waals surface area contributed by atoms with Crippen LogP contribution < -0.4 is 23.6 Å². The van der Waals surface area contributed by atoms with Crippen molar-refractivity contribution in [2.45, 2.75) is 0 Å². The molecular weight excluding hydrogens is 543 g/mol. The molecule has 3 aromatic rings. The van der Waals surface area contributed by atoms with Gasteiger partial charge in [0.2, 0.25) is 0 Å². The van der Waals surface area contributed by atoms with E-state index in [1.807, 2.05) is 36.4 Å². The molecule has 26 heavy (non-hydrogen) atoms. The molecule has 0 saturated heterocycles. The predicted octanol–water partition coefficient (Wildman–Crippen LogP) is 2.92. The SMILES string of the molecule is COc1cc[c]([Pb]([Cl])([c]2ccc(OC)cc2)[c]2ccc(OC)cc2)cc1. The fourth-order valence-corrected chi connectivity index (χ4v) is 17.5. The van der Waals surface area contributed by atoms with E-state index in [2.05, 4.69) is 36.4 Å². The monoisotopic (exact) mass is 564 g/mol. The van der Waals surface area contributed by atoms with Gasteiger partial charge in [0.05, 0.1) is 0 Å². The molecule has 0 aliphatic rings. The first-order chi connectivity index (χ1) is 12.6. The van der Waals surface area contributed by atoms with Gasteiger partial charge in [-0.2, -0.15) is 0 Å². The molecule has 3 rings (SSSR count). The maximum absolute atomic E-state index is 7.50. The fraction of sp³-hybridized carbons (Fsp3) is 0.143. The Hall–Kier alpha value is -1.73. The summed E-state index contributed by atoms with van der Waals surface area (Å²) in [5.74, 6) is 2.47. The number of hydrogen-bond donors (Lipinski definition) is 0. The van der Waals surface area contributed by atoms with E-state index in [1.165, 1.54) is 9.37 Å². The van der Waals surface area contributed by atoms with Crippen molar-refractivity contribution in [3.05, 3.63) is 72.8 Å². The Morgan fingerprint density at radius 3 is 0.923 bits per heavy atom. The molecule has 0 unspecified atom stereocenters. The van der Waals surface area contributed by atoms with E-state index in [4.69, 9.17) is 22.5 Å². The van der Waals surface area contributed by atoms with E-state index < -0.39 is 19.9 Å². The van der Waals surface area contributed by atoms with Crippen molar-refractivity contribution in [2.75, 3.05) is 21.3 Å². The number of methoxy groups -OCH3 is 3. The minimum atomic E-state index is -3.78. The standard InChI is InChI=1S/3C7H7O.ClH.Pb/c3*1-8-7-5-3-2-4-6-7;;/h3*3-6H,1H3;1H;/q;;;;+1/p-1. The summed E-state index contributed by atoms with van der Waals surface area (Å²) < 4.78 is 19.4. The first kappa shape index (κ1) is 19.0. The van der Waals surface area contributed by atoms with Crippen molar-refractivity contribution < 1.29 is 14.2 Å². The van der Waals surface area contributed by atoms with Crippen molar-refractivity contribution in [1.82, 2.24) is 0 Å². The van der Waals surface area contributed by atoms with Crippen LogP contribution in [0.3, 0.4) is 0 Å². The summed E-state index contributed by atoms with van der Waals surface area (Å²) in [6, 6.07) is 24.3. The van der Waals surface area contributed by atoms with E-state index in [0.29, 0.717) is 0 Å². The van der Waals surface area contributed by atoms with Gasteiger partial charge in [-0.1, -0.05) is 0 Å². The van der Waals surface area contributed by atoms with Crippen LogP contribution in [-0.4, -0.2) is 41.3 Å². The summed E-state index contributed by atoms with van der Waals surface area (Å²) in [5, 5.41) is 0. The molecule has 0 saturated carbocycles. The first-order valence-corrected chi connectivity index (χ1v) is 18.9. The van der Waals surface area contributed by atoms with Crippen LogP contribution in [0.4, 0.5) is 0 Å². The van der Waals surface area contributed by atoms with E-state index >= 15 is 0 Å². The van der Waals surface area contributed by atoms with Gasteiger partial charge in [-0.3, -0.25) is 0 Å². The van der Waals surface area contributed by atoms with E-state index in [0.717, 1.165) is 17.2 Å². The van der Waals surface area contributed by atoms with Gasteiger partial charge in [0.1, 0.15) is 0 Å². The van der Waals surface area contributed by atoms with Crippen LogP contribution in [0, 0.1) is 0 Å². The van der Waals surface area contributed by atoms with Gasteiger partial charge >= 0.3 is 163 Å². The zero-order valence-electron chi connectivity index (χ0n) is 15.0. The van der Waals surface area contributed by atoms with Crippen molar-refractivity contribution in [3.8, 4) is 17.2 Å². The van der Waals surface area contributed by atoms with Gasteiger partial charge < -0.3 is 0 Å². The molecular formula is C21H21ClO3Pb. The summed E-state index contributed by atoms with van der Waals surface area (Å²) in [6.45, 7) is 0. The van der Waals surface area contributed by atoms with Crippen molar-refractivity contribution in [1.29, 1.82) is 0 Å². The third kappa shape index (κ3) is 3.69. The van der Waals surface area contributed by atoms with E-state index in [9.17, 15) is 0 Å². The van der Waals surface area contributed by atoms with Gasteiger partial charge in [-0.05, 0) is 0 Å². The van der Waals surface area contributed by atoms with Gasteiger partial charge in [0, 0.05) is 0 Å². The zero-order chi connectivity index (χ0) is 18.6. The first-order valence-electron chi connectivity index (χ1n) is 8.24. The van der Waals surface area contributed by atoms with Gasteiger partial charge in [0.25, 0.3) is 0 Å². The Kier molecular flexibility index (Phi) is 6.09. The average Bonchev–Trinajstić information content (AvgIpc) is 2.73. The van der Waals surface area contributed by atoms with Crippen LogP contribution in [0.1, 0.15) is 0 Å². The molecule has 0 aromatic heterocycles. The van der Waals surface area contributed by atoms with Crippen LogP contribution in [-0.2, 0) is 0 Å². The molecule has 0 heterocycles. The van der Waals surface area contributed by atoms with Crippen molar-refractivity contribution >= 4 is 37.6 Å². The Balaban J connectivity index is 2.15. The maximum atomic E-state index is 7.50. The van der Waals surface area contributed by atoms with Crippen molar-refractivity contribution in [3.63, 3.8) is 0 Å². The van der Waals surface area contributed by atoms with Crippen molar-refractivity contribution in [2.24, 2.45) is 0 Å². The van der Waals surface area contributed by atoms with Crippen LogP contribution in [0.15, 0.2) is 72.8 Å². The molecule has 5 heteroatoms. The minimum absolute atomic E-state index is 0.825. The summed E-state index contributed by atoms with van der Waals surface area (Å²) in [6.07, 6.45) is 0. The summed E-state index contributed by atoms with van der Waals surface area (Å²) in [5.41, 5.74) is 0. The van der Waals surface area contributed by atoms with Crippen LogP contribution in [0.5, 0.6) is 17.2 Å². The topological polar surface area (TPSA) is 27.7 Å². The molecule has 0 amide bonds. The number of halogens is 1. The molecule has 3 nitrogen and oxygen atoms in total. The molecule has 0 N–H and O–H groups in total. The second-order valence-corrected chi connectivity index (χ2v) is 22.7. The van der Waals surface area contributed by atoms with E-state index in [-0.39, 0.29) is 0 Å². The third-order valence-corrected chi connectivity index (χ3v) is 23.4. The molecule has 0 aliphatic heterocycles. The molecule has 0 bridgehead atoms. The number of rotatable bonds is 6. The van der Waals surface area contributed by atoms with Gasteiger partial charge in [-0.25, -0.2) is 0 Å². The number of benzene rings is 3. The second kappa shape index (κ2) is 8.31.